The molecule has 0 unspecified atom stereocenters. The van der Waals surface area contributed by atoms with Crippen LogP contribution in [-0.4, -0.2) is 101 Å². The number of aldehydes is 1. The van der Waals surface area contributed by atoms with Crippen LogP contribution in [0.15, 0.2) is 0 Å². The second-order valence-electron chi connectivity index (χ2n) is 14.0. The van der Waals surface area contributed by atoms with E-state index in [-0.39, 0.29) is 18.1 Å². The average Bonchev–Trinajstić information content (AvgIpc) is 3.53. The maximum Gasteiger partial charge on any atom is 0.410 e. The van der Waals surface area contributed by atoms with Gasteiger partial charge in [-0.05, 0) is 99.0 Å². The van der Waals surface area contributed by atoms with Crippen LogP contribution in [0.5, 0.6) is 0 Å². The molecule has 4 aliphatic rings. The third kappa shape index (κ3) is 15.2. The molecule has 4 rings (SSSR count). The highest BCUT2D eigenvalue weighted by atomic mass is 32.1. The number of amides is 2. The molecule has 0 N–H and O–H groups in total. The quantitative estimate of drug-likeness (QED) is 0.286. The summed E-state index contributed by atoms with van der Waals surface area (Å²) in [6.45, 7) is 17.7. The molecule has 10 heteroatoms. The molecule has 1 atom stereocenters. The van der Waals surface area contributed by atoms with Crippen molar-refractivity contribution < 1.29 is 23.9 Å². The standard InChI is InChI=1S/C15H28N2O2S.C11H19NO3.C5H10S/c1-15(2,3)19-14(18)17-8-4-12(5-9-17)10-16-7-6-13(20)11-16;1-11(2,3)15-10(14)12-6-4-9(8-13)5-7-12;6-5-3-1-2-4-5/h12-13,20H,4-11H2,1-3H3;8-9H,4-7H2,1-3H3;5-6H,1-4H2/t13-;;/m1../s1. The normalized spacial score (nSPS) is 23.3. The fourth-order valence-corrected chi connectivity index (χ4v) is 6.13. The van der Waals surface area contributed by atoms with Gasteiger partial charge >= 0.3 is 12.2 Å². The molecule has 3 heterocycles. The van der Waals surface area contributed by atoms with Gasteiger partial charge in [-0.3, -0.25) is 0 Å². The molecule has 0 spiro atoms. The van der Waals surface area contributed by atoms with E-state index in [2.05, 4.69) is 30.2 Å². The number of ether oxygens (including phenoxy) is 2. The van der Waals surface area contributed by atoms with Crippen LogP contribution in [0.2, 0.25) is 0 Å². The Morgan fingerprint density at radius 1 is 0.707 bits per heavy atom. The SMILES string of the molecule is CC(C)(C)OC(=O)N1CCC(C=O)CC1.CC(C)(C)OC(=O)N1CCC(CN2CC[C@@H](S)C2)CC1.SC1CCCC1. The number of rotatable bonds is 3. The number of thiol groups is 2. The summed E-state index contributed by atoms with van der Waals surface area (Å²) in [5, 5.41) is 1.29. The third-order valence-corrected chi connectivity index (χ3v) is 8.68. The molecule has 0 aromatic carbocycles. The van der Waals surface area contributed by atoms with Gasteiger partial charge in [-0.1, -0.05) is 12.8 Å². The predicted molar refractivity (Wildman–Crippen MR) is 172 cm³/mol. The number of carbonyl (C=O) groups is 3. The molecular weight excluding hydrogens is 558 g/mol. The Morgan fingerprint density at radius 3 is 1.51 bits per heavy atom. The van der Waals surface area contributed by atoms with Gasteiger partial charge < -0.3 is 29.0 Å². The van der Waals surface area contributed by atoms with Crippen molar-refractivity contribution in [2.45, 2.75) is 121 Å². The van der Waals surface area contributed by atoms with Crippen molar-refractivity contribution in [3.05, 3.63) is 0 Å². The predicted octanol–water partition coefficient (Wildman–Crippen LogP) is 6.33. The molecule has 2 amide bonds. The highest BCUT2D eigenvalue weighted by Gasteiger charge is 2.29. The molecule has 0 bridgehead atoms. The van der Waals surface area contributed by atoms with Gasteiger partial charge in [0, 0.05) is 55.7 Å². The van der Waals surface area contributed by atoms with Crippen molar-refractivity contribution in [3.63, 3.8) is 0 Å². The summed E-state index contributed by atoms with van der Waals surface area (Å²) in [7, 11) is 0. The van der Waals surface area contributed by atoms with Gasteiger partial charge in [0.05, 0.1) is 0 Å². The minimum atomic E-state index is -0.446. The van der Waals surface area contributed by atoms with E-state index < -0.39 is 11.2 Å². The first-order chi connectivity index (χ1) is 19.1. The van der Waals surface area contributed by atoms with Crippen molar-refractivity contribution in [2.24, 2.45) is 11.8 Å². The zero-order valence-corrected chi connectivity index (χ0v) is 28.3. The molecule has 238 valence electrons. The second kappa shape index (κ2) is 17.2. The van der Waals surface area contributed by atoms with E-state index in [1.807, 2.05) is 46.4 Å². The summed E-state index contributed by atoms with van der Waals surface area (Å²) in [5.41, 5.74) is -0.844. The van der Waals surface area contributed by atoms with Crippen LogP contribution >= 0.6 is 25.3 Å². The van der Waals surface area contributed by atoms with Crippen molar-refractivity contribution >= 4 is 43.7 Å². The summed E-state index contributed by atoms with van der Waals surface area (Å²) in [6, 6.07) is 0. The summed E-state index contributed by atoms with van der Waals surface area (Å²) in [4.78, 5) is 40.2. The Labute approximate surface area is 260 Å². The first-order valence-corrected chi connectivity index (χ1v) is 16.7. The molecule has 41 heavy (non-hydrogen) atoms. The van der Waals surface area contributed by atoms with E-state index >= 15 is 0 Å². The largest absolute Gasteiger partial charge is 0.444 e. The number of hydrogen-bond acceptors (Lipinski definition) is 8. The lowest BCUT2D eigenvalue weighted by atomic mass is 9.96. The average molecular weight is 616 g/mol. The molecule has 3 aliphatic heterocycles. The fraction of sp³-hybridized carbons (Fsp3) is 0.903. The van der Waals surface area contributed by atoms with Crippen LogP contribution in [-0.2, 0) is 14.3 Å². The summed E-state index contributed by atoms with van der Waals surface area (Å²) in [6.07, 6.45) is 11.0. The molecule has 0 radical (unpaired) electrons. The summed E-state index contributed by atoms with van der Waals surface area (Å²) in [5.74, 6) is 0.830. The molecule has 1 aliphatic carbocycles. The number of piperidine rings is 2. The van der Waals surface area contributed by atoms with Gasteiger partial charge in [0.2, 0.25) is 0 Å². The van der Waals surface area contributed by atoms with Crippen LogP contribution < -0.4 is 0 Å². The smallest absolute Gasteiger partial charge is 0.410 e. The molecule has 0 aromatic heterocycles. The van der Waals surface area contributed by atoms with Gasteiger partial charge in [-0.15, -0.1) is 0 Å². The highest BCUT2D eigenvalue weighted by Crippen LogP contribution is 2.24. The second-order valence-corrected chi connectivity index (χ2v) is 15.5. The molecule has 4 fully saturated rings. The number of carbonyl (C=O) groups excluding carboxylic acids is 3. The Kier molecular flexibility index (Phi) is 15.2. The highest BCUT2D eigenvalue weighted by molar-refractivity contribution is 7.81. The summed E-state index contributed by atoms with van der Waals surface area (Å²) >= 11 is 8.83. The van der Waals surface area contributed by atoms with Gasteiger partial charge in [0.15, 0.2) is 0 Å². The van der Waals surface area contributed by atoms with Crippen molar-refractivity contribution in [1.29, 1.82) is 0 Å². The van der Waals surface area contributed by atoms with Gasteiger partial charge in [-0.2, -0.15) is 25.3 Å². The molecule has 3 saturated heterocycles. The lowest BCUT2D eigenvalue weighted by Crippen LogP contribution is -2.43. The van der Waals surface area contributed by atoms with E-state index in [0.717, 1.165) is 56.9 Å². The van der Waals surface area contributed by atoms with Crippen LogP contribution in [0.1, 0.15) is 99.3 Å². The Morgan fingerprint density at radius 2 is 1.17 bits per heavy atom. The van der Waals surface area contributed by atoms with Gasteiger partial charge in [0.1, 0.15) is 17.5 Å². The monoisotopic (exact) mass is 615 g/mol. The Balaban J connectivity index is 0.000000245. The molecular formula is C31H57N3O5S2. The Hall–Kier alpha value is -1.13. The van der Waals surface area contributed by atoms with Crippen molar-refractivity contribution in [3.8, 4) is 0 Å². The third-order valence-electron chi connectivity index (χ3n) is 7.74. The maximum atomic E-state index is 12.0. The van der Waals surface area contributed by atoms with Crippen LogP contribution in [0, 0.1) is 11.8 Å². The van der Waals surface area contributed by atoms with E-state index in [9.17, 15) is 14.4 Å². The number of likely N-dealkylation sites (tertiary alicyclic amines) is 3. The zero-order valence-electron chi connectivity index (χ0n) is 26.5. The van der Waals surface area contributed by atoms with Gasteiger partial charge in [0.25, 0.3) is 0 Å². The van der Waals surface area contributed by atoms with Gasteiger partial charge in [-0.25, -0.2) is 9.59 Å². The lowest BCUT2D eigenvalue weighted by Gasteiger charge is -2.34. The number of nitrogens with zero attached hydrogens (tertiary/aromatic N) is 3. The molecule has 1 saturated carbocycles. The first-order valence-electron chi connectivity index (χ1n) is 15.6. The van der Waals surface area contributed by atoms with Crippen LogP contribution in [0.3, 0.4) is 0 Å². The van der Waals surface area contributed by atoms with Crippen LogP contribution in [0.4, 0.5) is 9.59 Å². The summed E-state index contributed by atoms with van der Waals surface area (Å²) < 4.78 is 10.7. The number of hydrogen-bond donors (Lipinski definition) is 2. The van der Waals surface area contributed by atoms with Crippen molar-refractivity contribution in [2.75, 3.05) is 45.8 Å². The molecule has 0 aromatic rings. The minimum Gasteiger partial charge on any atom is -0.444 e. The molecule has 8 nitrogen and oxygen atoms in total. The van der Waals surface area contributed by atoms with Crippen LogP contribution in [0.25, 0.3) is 0 Å². The lowest BCUT2D eigenvalue weighted by molar-refractivity contribution is -0.112. The topological polar surface area (TPSA) is 79.4 Å². The fourth-order valence-electron chi connectivity index (χ4n) is 5.42. The zero-order chi connectivity index (χ0) is 30.6. The first kappa shape index (κ1) is 36.1. The van der Waals surface area contributed by atoms with E-state index in [4.69, 9.17) is 9.47 Å². The van der Waals surface area contributed by atoms with Crippen molar-refractivity contribution in [1.82, 2.24) is 14.7 Å². The van der Waals surface area contributed by atoms with E-state index in [1.165, 1.54) is 45.2 Å². The minimum absolute atomic E-state index is 0.115. The maximum absolute atomic E-state index is 12.0. The van der Waals surface area contributed by atoms with E-state index in [1.54, 1.807) is 4.90 Å². The van der Waals surface area contributed by atoms with E-state index in [0.29, 0.717) is 24.3 Å². The Bertz CT molecular complexity index is 795.